The third kappa shape index (κ3) is 1.91. The molecule has 2 rings (SSSR count). The van der Waals surface area contributed by atoms with Gasteiger partial charge in [-0.15, -0.1) is 0 Å². The Bertz CT molecular complexity index is 318. The largest absolute Gasteiger partial charge is 0.481 e. The van der Waals surface area contributed by atoms with Crippen LogP contribution in [0.1, 0.15) is 25.7 Å². The summed E-state index contributed by atoms with van der Waals surface area (Å²) in [5, 5.41) is 8.98. The average molecular weight is 226 g/mol. The molecule has 2 fully saturated rings. The first-order valence-corrected chi connectivity index (χ1v) is 5.77. The number of carbonyl (C=O) groups is 2. The van der Waals surface area contributed by atoms with E-state index in [2.05, 4.69) is 0 Å². The molecule has 16 heavy (non-hydrogen) atoms. The standard InChI is InChI=1S/C11H18N2O3/c12-6-9(14)13-4-3-11(7-13)2-1-8(5-11)10(15)16/h8H,1-7,12H2,(H,15,16)/t8-,11+/m1/s1. The Hall–Kier alpha value is -1.10. The maximum atomic E-state index is 11.5. The Morgan fingerprint density at radius 2 is 2.19 bits per heavy atom. The summed E-state index contributed by atoms with van der Waals surface area (Å²) in [5.74, 6) is -0.927. The van der Waals surface area contributed by atoms with E-state index in [-0.39, 0.29) is 23.8 Å². The molecule has 1 saturated carbocycles. The molecule has 1 heterocycles. The lowest BCUT2D eigenvalue weighted by atomic mass is 9.84. The van der Waals surface area contributed by atoms with Gasteiger partial charge >= 0.3 is 5.97 Å². The number of hydrogen-bond donors (Lipinski definition) is 2. The molecule has 0 bridgehead atoms. The first-order chi connectivity index (χ1) is 7.56. The molecular weight excluding hydrogens is 208 g/mol. The van der Waals surface area contributed by atoms with Gasteiger partial charge in [-0.2, -0.15) is 0 Å². The van der Waals surface area contributed by atoms with E-state index in [1.807, 2.05) is 0 Å². The molecule has 1 saturated heterocycles. The van der Waals surface area contributed by atoms with Gasteiger partial charge in [0.25, 0.3) is 0 Å². The minimum atomic E-state index is -0.694. The Kier molecular flexibility index (Phi) is 2.88. The summed E-state index contributed by atoms with van der Waals surface area (Å²) in [4.78, 5) is 24.1. The Balaban J connectivity index is 1.98. The fraction of sp³-hybridized carbons (Fsp3) is 0.818. The van der Waals surface area contributed by atoms with E-state index in [1.165, 1.54) is 0 Å². The number of carboxylic acids is 1. The number of hydrogen-bond acceptors (Lipinski definition) is 3. The zero-order valence-corrected chi connectivity index (χ0v) is 9.32. The topological polar surface area (TPSA) is 83.6 Å². The Morgan fingerprint density at radius 1 is 1.44 bits per heavy atom. The van der Waals surface area contributed by atoms with E-state index >= 15 is 0 Å². The Morgan fingerprint density at radius 3 is 2.75 bits per heavy atom. The van der Waals surface area contributed by atoms with Crippen molar-refractivity contribution in [3.63, 3.8) is 0 Å². The second-order valence-electron chi connectivity index (χ2n) is 5.05. The molecule has 1 aliphatic carbocycles. The maximum Gasteiger partial charge on any atom is 0.306 e. The first-order valence-electron chi connectivity index (χ1n) is 5.77. The average Bonchev–Trinajstić information content (AvgIpc) is 2.86. The number of amides is 1. The van der Waals surface area contributed by atoms with Crippen molar-refractivity contribution in [2.24, 2.45) is 17.1 Å². The van der Waals surface area contributed by atoms with Gasteiger partial charge in [-0.05, 0) is 31.1 Å². The summed E-state index contributed by atoms with van der Waals surface area (Å²) in [6.07, 6.45) is 3.33. The highest BCUT2D eigenvalue weighted by atomic mass is 16.4. The molecule has 0 aromatic heterocycles. The van der Waals surface area contributed by atoms with Crippen molar-refractivity contribution in [1.82, 2.24) is 4.90 Å². The highest BCUT2D eigenvalue weighted by Crippen LogP contribution is 2.48. The third-order valence-corrected chi connectivity index (χ3v) is 4.02. The van der Waals surface area contributed by atoms with Crippen LogP contribution in [-0.4, -0.2) is 41.5 Å². The van der Waals surface area contributed by atoms with E-state index in [4.69, 9.17) is 10.8 Å². The van der Waals surface area contributed by atoms with E-state index in [9.17, 15) is 9.59 Å². The molecule has 5 nitrogen and oxygen atoms in total. The number of carbonyl (C=O) groups excluding carboxylic acids is 1. The Labute approximate surface area is 94.6 Å². The van der Waals surface area contributed by atoms with Crippen molar-refractivity contribution < 1.29 is 14.7 Å². The normalized spacial score (nSPS) is 33.6. The van der Waals surface area contributed by atoms with Crippen LogP contribution < -0.4 is 5.73 Å². The lowest BCUT2D eigenvalue weighted by Gasteiger charge is -2.23. The summed E-state index contributed by atoms with van der Waals surface area (Å²) >= 11 is 0. The lowest BCUT2D eigenvalue weighted by Crippen LogP contribution is -2.35. The van der Waals surface area contributed by atoms with Crippen molar-refractivity contribution >= 4 is 11.9 Å². The molecule has 0 radical (unpaired) electrons. The van der Waals surface area contributed by atoms with Gasteiger partial charge in [0.15, 0.2) is 0 Å². The van der Waals surface area contributed by atoms with Crippen molar-refractivity contribution in [2.45, 2.75) is 25.7 Å². The van der Waals surface area contributed by atoms with Crippen LogP contribution in [-0.2, 0) is 9.59 Å². The van der Waals surface area contributed by atoms with Crippen LogP contribution in [0.5, 0.6) is 0 Å². The van der Waals surface area contributed by atoms with Gasteiger partial charge in [0, 0.05) is 13.1 Å². The monoisotopic (exact) mass is 226 g/mol. The van der Waals surface area contributed by atoms with Crippen molar-refractivity contribution in [3.05, 3.63) is 0 Å². The van der Waals surface area contributed by atoms with Crippen LogP contribution in [0.4, 0.5) is 0 Å². The van der Waals surface area contributed by atoms with Crippen LogP contribution >= 0.6 is 0 Å². The second-order valence-corrected chi connectivity index (χ2v) is 5.05. The van der Waals surface area contributed by atoms with Gasteiger partial charge in [-0.25, -0.2) is 0 Å². The number of likely N-dealkylation sites (tertiary alicyclic amines) is 1. The summed E-state index contributed by atoms with van der Waals surface area (Å²) in [5.41, 5.74) is 5.39. The fourth-order valence-electron chi connectivity index (χ4n) is 3.07. The molecular formula is C11H18N2O3. The number of carboxylic acid groups (broad SMARTS) is 1. The summed E-state index contributed by atoms with van der Waals surface area (Å²) < 4.78 is 0. The lowest BCUT2D eigenvalue weighted by molar-refractivity contribution is -0.141. The minimum Gasteiger partial charge on any atom is -0.481 e. The molecule has 3 N–H and O–H groups in total. The highest BCUT2D eigenvalue weighted by Gasteiger charge is 2.46. The van der Waals surface area contributed by atoms with Gasteiger partial charge in [0.2, 0.25) is 5.91 Å². The molecule has 2 aliphatic rings. The minimum absolute atomic E-state index is 0.0179. The van der Waals surface area contributed by atoms with Crippen LogP contribution in [0.2, 0.25) is 0 Å². The van der Waals surface area contributed by atoms with Crippen LogP contribution in [0.25, 0.3) is 0 Å². The number of aliphatic carboxylic acids is 1. The number of nitrogens with zero attached hydrogens (tertiary/aromatic N) is 1. The van der Waals surface area contributed by atoms with E-state index in [0.29, 0.717) is 6.54 Å². The van der Waals surface area contributed by atoms with Crippen molar-refractivity contribution in [3.8, 4) is 0 Å². The summed E-state index contributed by atoms with van der Waals surface area (Å²) in [7, 11) is 0. The van der Waals surface area contributed by atoms with Crippen LogP contribution in [0, 0.1) is 11.3 Å². The van der Waals surface area contributed by atoms with Gasteiger partial charge in [0.1, 0.15) is 0 Å². The fourth-order valence-corrected chi connectivity index (χ4v) is 3.07. The zero-order valence-electron chi connectivity index (χ0n) is 9.32. The molecule has 1 aliphatic heterocycles. The number of nitrogens with two attached hydrogens (primary N) is 1. The molecule has 90 valence electrons. The van der Waals surface area contributed by atoms with Crippen molar-refractivity contribution in [2.75, 3.05) is 19.6 Å². The van der Waals surface area contributed by atoms with Gasteiger partial charge in [-0.3, -0.25) is 9.59 Å². The predicted octanol–water partition coefficient (Wildman–Crippen LogP) is 0.0485. The first kappa shape index (κ1) is 11.4. The molecule has 1 amide bonds. The maximum absolute atomic E-state index is 11.5. The number of rotatable bonds is 2. The van der Waals surface area contributed by atoms with E-state index < -0.39 is 5.97 Å². The zero-order chi connectivity index (χ0) is 11.8. The van der Waals surface area contributed by atoms with E-state index in [1.54, 1.807) is 4.90 Å². The second kappa shape index (κ2) is 4.05. The molecule has 5 heteroatoms. The predicted molar refractivity (Wildman–Crippen MR) is 57.7 cm³/mol. The summed E-state index contributed by atoms with van der Waals surface area (Å²) in [6, 6.07) is 0. The molecule has 1 spiro atoms. The third-order valence-electron chi connectivity index (χ3n) is 4.02. The molecule has 0 aromatic carbocycles. The van der Waals surface area contributed by atoms with Gasteiger partial charge in [-0.1, -0.05) is 0 Å². The molecule has 2 atom stereocenters. The highest BCUT2D eigenvalue weighted by molar-refractivity contribution is 5.78. The van der Waals surface area contributed by atoms with Crippen LogP contribution in [0.15, 0.2) is 0 Å². The quantitative estimate of drug-likeness (QED) is 0.696. The van der Waals surface area contributed by atoms with Crippen molar-refractivity contribution in [1.29, 1.82) is 0 Å². The smallest absolute Gasteiger partial charge is 0.306 e. The molecule has 0 unspecified atom stereocenters. The van der Waals surface area contributed by atoms with Gasteiger partial charge < -0.3 is 15.7 Å². The molecule has 0 aromatic rings. The SMILES string of the molecule is NCC(=O)N1CC[C@]2(CC[C@@H](C(=O)O)C2)C1. The summed E-state index contributed by atoms with van der Waals surface area (Å²) in [6.45, 7) is 1.49. The van der Waals surface area contributed by atoms with Gasteiger partial charge in [0.05, 0.1) is 12.5 Å². The van der Waals surface area contributed by atoms with Crippen LogP contribution in [0.3, 0.4) is 0 Å². The van der Waals surface area contributed by atoms with E-state index in [0.717, 1.165) is 32.2 Å².